The first-order valence-electron chi connectivity index (χ1n) is 6.22. The predicted molar refractivity (Wildman–Crippen MR) is 95.1 cm³/mol. The van der Waals surface area contributed by atoms with Crippen LogP contribution in [0.2, 0.25) is 10.0 Å². The summed E-state index contributed by atoms with van der Waals surface area (Å²) in [6.07, 6.45) is -0.804. The highest BCUT2D eigenvalue weighted by molar-refractivity contribution is 9.11. The number of nitrogens with two attached hydrogens (primary N) is 1. The van der Waals surface area contributed by atoms with Gasteiger partial charge >= 0.3 is 0 Å². The van der Waals surface area contributed by atoms with Gasteiger partial charge in [-0.3, -0.25) is 0 Å². The average Bonchev–Trinajstić information content (AvgIpc) is 2.41. The van der Waals surface area contributed by atoms with Crippen molar-refractivity contribution >= 4 is 55.1 Å². The van der Waals surface area contributed by atoms with E-state index in [2.05, 4.69) is 31.9 Å². The Kier molecular flexibility index (Phi) is 6.12. The summed E-state index contributed by atoms with van der Waals surface area (Å²) in [5.41, 5.74) is 7.27. The standard InChI is InChI=1S/C15H13Br2Cl2NO/c16-9-4-8(5-10(17)6-9)15(21)11(7-20)14-12(18)2-1-3-13(14)19/h1-6,11,15,21H,7,20H2. The number of benzene rings is 2. The molecule has 2 atom stereocenters. The molecule has 0 saturated carbocycles. The summed E-state index contributed by atoms with van der Waals surface area (Å²) in [7, 11) is 0. The number of aliphatic hydroxyl groups excluding tert-OH is 1. The monoisotopic (exact) mass is 451 g/mol. The number of rotatable bonds is 4. The second-order valence-corrected chi connectivity index (χ2v) is 7.27. The first kappa shape index (κ1) is 17.3. The number of halogens is 4. The summed E-state index contributed by atoms with van der Waals surface area (Å²) in [5, 5.41) is 11.7. The minimum absolute atomic E-state index is 0.231. The van der Waals surface area contributed by atoms with Gasteiger partial charge in [-0.25, -0.2) is 0 Å². The molecule has 0 bridgehead atoms. The molecule has 2 aromatic rings. The van der Waals surface area contributed by atoms with Gasteiger partial charge in [0.05, 0.1) is 6.10 Å². The molecule has 0 spiro atoms. The van der Waals surface area contributed by atoms with Crippen LogP contribution in [0.5, 0.6) is 0 Å². The molecule has 3 N–H and O–H groups in total. The Hall–Kier alpha value is -0.100. The molecule has 0 radical (unpaired) electrons. The second kappa shape index (κ2) is 7.44. The maximum Gasteiger partial charge on any atom is 0.0872 e. The molecule has 0 aliphatic heterocycles. The number of hydrogen-bond acceptors (Lipinski definition) is 2. The molecule has 2 nitrogen and oxygen atoms in total. The van der Waals surface area contributed by atoms with Crippen LogP contribution in [0.25, 0.3) is 0 Å². The largest absolute Gasteiger partial charge is 0.388 e. The molecule has 2 aromatic carbocycles. The van der Waals surface area contributed by atoms with E-state index in [4.69, 9.17) is 28.9 Å². The van der Waals surface area contributed by atoms with Crippen molar-refractivity contribution in [1.82, 2.24) is 0 Å². The fourth-order valence-electron chi connectivity index (χ4n) is 2.25. The van der Waals surface area contributed by atoms with E-state index in [1.807, 2.05) is 18.2 Å². The Morgan fingerprint density at radius 2 is 1.57 bits per heavy atom. The molecule has 0 aromatic heterocycles. The summed E-state index contributed by atoms with van der Waals surface area (Å²) in [4.78, 5) is 0. The van der Waals surface area contributed by atoms with Crippen LogP contribution in [0, 0.1) is 0 Å². The van der Waals surface area contributed by atoms with E-state index >= 15 is 0 Å². The van der Waals surface area contributed by atoms with E-state index in [0.717, 1.165) is 14.5 Å². The molecular weight excluding hydrogens is 441 g/mol. The summed E-state index contributed by atoms with van der Waals surface area (Å²) in [6, 6.07) is 10.9. The molecule has 21 heavy (non-hydrogen) atoms. The Bertz CT molecular complexity index is 611. The van der Waals surface area contributed by atoms with E-state index in [1.54, 1.807) is 18.2 Å². The van der Waals surface area contributed by atoms with Crippen LogP contribution in [0.15, 0.2) is 45.3 Å². The topological polar surface area (TPSA) is 46.2 Å². The fraction of sp³-hybridized carbons (Fsp3) is 0.200. The van der Waals surface area contributed by atoms with Crippen molar-refractivity contribution in [3.63, 3.8) is 0 Å². The van der Waals surface area contributed by atoms with Crippen molar-refractivity contribution in [2.24, 2.45) is 5.73 Å². The van der Waals surface area contributed by atoms with E-state index in [9.17, 15) is 5.11 Å². The van der Waals surface area contributed by atoms with Crippen LogP contribution in [0.3, 0.4) is 0 Å². The SMILES string of the molecule is NCC(c1c(Cl)cccc1Cl)C(O)c1cc(Br)cc(Br)c1. The zero-order chi connectivity index (χ0) is 15.6. The van der Waals surface area contributed by atoms with Crippen LogP contribution in [-0.2, 0) is 0 Å². The maximum atomic E-state index is 10.7. The first-order valence-corrected chi connectivity index (χ1v) is 8.56. The Balaban J connectivity index is 2.45. The predicted octanol–water partition coefficient (Wildman–Crippen LogP) is 5.29. The van der Waals surface area contributed by atoms with Gasteiger partial charge in [0, 0.05) is 31.5 Å². The van der Waals surface area contributed by atoms with E-state index < -0.39 is 6.10 Å². The maximum absolute atomic E-state index is 10.7. The van der Waals surface area contributed by atoms with E-state index in [1.165, 1.54) is 0 Å². The minimum atomic E-state index is -0.804. The van der Waals surface area contributed by atoms with Gasteiger partial charge in [0.25, 0.3) is 0 Å². The molecule has 0 amide bonds. The van der Waals surface area contributed by atoms with Gasteiger partial charge in [0.15, 0.2) is 0 Å². The molecule has 2 rings (SSSR count). The molecule has 0 saturated heterocycles. The van der Waals surface area contributed by atoms with Crippen LogP contribution in [-0.4, -0.2) is 11.7 Å². The van der Waals surface area contributed by atoms with Crippen molar-refractivity contribution in [2.45, 2.75) is 12.0 Å². The number of hydrogen-bond donors (Lipinski definition) is 2. The van der Waals surface area contributed by atoms with Crippen molar-refractivity contribution in [2.75, 3.05) is 6.54 Å². The molecule has 0 fully saturated rings. The van der Waals surface area contributed by atoms with Crippen LogP contribution >= 0.6 is 55.1 Å². The van der Waals surface area contributed by atoms with Gasteiger partial charge in [-0.1, -0.05) is 61.1 Å². The lowest BCUT2D eigenvalue weighted by Crippen LogP contribution is -2.21. The van der Waals surface area contributed by atoms with Crippen LogP contribution in [0.1, 0.15) is 23.1 Å². The summed E-state index contributed by atoms with van der Waals surface area (Å²) >= 11 is 19.3. The molecule has 6 heteroatoms. The minimum Gasteiger partial charge on any atom is -0.388 e. The smallest absolute Gasteiger partial charge is 0.0872 e. The second-order valence-electron chi connectivity index (χ2n) is 4.63. The number of aliphatic hydroxyl groups is 1. The quantitative estimate of drug-likeness (QED) is 0.660. The third kappa shape index (κ3) is 4.01. The molecule has 0 aliphatic carbocycles. The van der Waals surface area contributed by atoms with E-state index in [0.29, 0.717) is 15.6 Å². The van der Waals surface area contributed by atoms with Crippen LogP contribution < -0.4 is 5.73 Å². The highest BCUT2D eigenvalue weighted by Gasteiger charge is 2.26. The first-order chi connectivity index (χ1) is 9.93. The van der Waals surface area contributed by atoms with Crippen molar-refractivity contribution < 1.29 is 5.11 Å². The van der Waals surface area contributed by atoms with E-state index in [-0.39, 0.29) is 12.5 Å². The van der Waals surface area contributed by atoms with Gasteiger partial charge in [0.2, 0.25) is 0 Å². The Morgan fingerprint density at radius 1 is 1.05 bits per heavy atom. The highest BCUT2D eigenvalue weighted by Crippen LogP contribution is 2.39. The average molecular weight is 454 g/mol. The molecule has 2 unspecified atom stereocenters. The van der Waals surface area contributed by atoms with Crippen molar-refractivity contribution in [3.05, 3.63) is 66.5 Å². The summed E-state index contributed by atoms with van der Waals surface area (Å²) in [6.45, 7) is 0.231. The van der Waals surface area contributed by atoms with Crippen LogP contribution in [0.4, 0.5) is 0 Å². The molecule has 0 aliphatic rings. The zero-order valence-corrected chi connectivity index (χ0v) is 15.5. The normalized spacial score (nSPS) is 14.0. The fourth-order valence-corrected chi connectivity index (χ4v) is 4.25. The summed E-state index contributed by atoms with van der Waals surface area (Å²) < 4.78 is 1.74. The van der Waals surface area contributed by atoms with Gasteiger partial charge < -0.3 is 10.8 Å². The molecular formula is C15H13Br2Cl2NO. The van der Waals surface area contributed by atoms with Gasteiger partial charge in [-0.2, -0.15) is 0 Å². The summed E-state index contributed by atoms with van der Waals surface area (Å²) in [5.74, 6) is -0.382. The molecule has 0 heterocycles. The lowest BCUT2D eigenvalue weighted by Gasteiger charge is -2.24. The zero-order valence-electron chi connectivity index (χ0n) is 10.9. The van der Waals surface area contributed by atoms with Crippen molar-refractivity contribution in [1.29, 1.82) is 0 Å². The lowest BCUT2D eigenvalue weighted by atomic mass is 9.89. The third-order valence-corrected chi connectivity index (χ3v) is 4.81. The van der Waals surface area contributed by atoms with Gasteiger partial charge in [-0.15, -0.1) is 0 Å². The molecule has 112 valence electrons. The Morgan fingerprint density at radius 3 is 2.05 bits per heavy atom. The Labute approximate surface area is 150 Å². The van der Waals surface area contributed by atoms with Gasteiger partial charge in [0.1, 0.15) is 0 Å². The third-order valence-electron chi connectivity index (χ3n) is 3.23. The highest BCUT2D eigenvalue weighted by atomic mass is 79.9. The van der Waals surface area contributed by atoms with Gasteiger partial charge in [-0.05, 0) is 41.5 Å². The lowest BCUT2D eigenvalue weighted by molar-refractivity contribution is 0.147. The van der Waals surface area contributed by atoms with Crippen molar-refractivity contribution in [3.8, 4) is 0 Å².